The van der Waals surface area contributed by atoms with Gasteiger partial charge in [-0.1, -0.05) is 0 Å². The zero-order valence-corrected chi connectivity index (χ0v) is 12.8. The van der Waals surface area contributed by atoms with Crippen molar-refractivity contribution in [1.82, 2.24) is 24.2 Å². The van der Waals surface area contributed by atoms with Crippen LogP contribution >= 0.6 is 15.9 Å². The zero-order valence-electron chi connectivity index (χ0n) is 11.2. The minimum atomic E-state index is 0.820. The Balaban J connectivity index is 2.07. The fraction of sp³-hybridized carbons (Fsp3) is 0.500. The van der Waals surface area contributed by atoms with Crippen molar-refractivity contribution in [2.75, 3.05) is 7.05 Å². The molecule has 18 heavy (non-hydrogen) atoms. The Labute approximate surface area is 116 Å². The van der Waals surface area contributed by atoms with Crippen LogP contribution in [0.4, 0.5) is 0 Å². The van der Waals surface area contributed by atoms with Crippen molar-refractivity contribution in [2.24, 2.45) is 14.1 Å². The number of hydrogen-bond acceptors (Lipinski definition) is 3. The monoisotopic (exact) mass is 311 g/mol. The van der Waals surface area contributed by atoms with Gasteiger partial charge in [0.1, 0.15) is 5.82 Å². The Kier molecular flexibility index (Phi) is 3.87. The maximum absolute atomic E-state index is 4.40. The number of aryl methyl sites for hydroxylation is 3. The van der Waals surface area contributed by atoms with E-state index in [1.807, 2.05) is 42.7 Å². The van der Waals surface area contributed by atoms with Gasteiger partial charge in [0.2, 0.25) is 0 Å². The van der Waals surface area contributed by atoms with Crippen molar-refractivity contribution in [2.45, 2.75) is 20.0 Å². The van der Waals surface area contributed by atoms with Gasteiger partial charge in [-0.3, -0.25) is 9.58 Å². The van der Waals surface area contributed by atoms with Gasteiger partial charge in [-0.15, -0.1) is 0 Å². The molecule has 0 N–H and O–H groups in total. The number of hydrogen-bond donors (Lipinski definition) is 0. The number of halogens is 1. The van der Waals surface area contributed by atoms with Crippen molar-refractivity contribution in [3.05, 3.63) is 34.1 Å². The summed E-state index contributed by atoms with van der Waals surface area (Å²) in [4.78, 5) is 6.56. The van der Waals surface area contributed by atoms with E-state index >= 15 is 0 Å². The van der Waals surface area contributed by atoms with Crippen LogP contribution in [0.25, 0.3) is 0 Å². The van der Waals surface area contributed by atoms with Crippen molar-refractivity contribution in [3.8, 4) is 0 Å². The molecule has 0 unspecified atom stereocenters. The van der Waals surface area contributed by atoms with Crippen LogP contribution in [0.2, 0.25) is 0 Å². The lowest BCUT2D eigenvalue weighted by Crippen LogP contribution is -2.21. The van der Waals surface area contributed by atoms with E-state index in [0.29, 0.717) is 0 Å². The van der Waals surface area contributed by atoms with Crippen LogP contribution in [0.1, 0.15) is 17.2 Å². The fourth-order valence-corrected chi connectivity index (χ4v) is 2.42. The normalized spacial score (nSPS) is 11.4. The van der Waals surface area contributed by atoms with Gasteiger partial charge in [-0.05, 0) is 29.9 Å². The van der Waals surface area contributed by atoms with Gasteiger partial charge in [0.15, 0.2) is 0 Å². The average molecular weight is 312 g/mol. The summed E-state index contributed by atoms with van der Waals surface area (Å²) in [6.07, 6.45) is 3.79. The number of nitrogens with zero attached hydrogens (tertiary/aromatic N) is 5. The van der Waals surface area contributed by atoms with Crippen LogP contribution in [-0.4, -0.2) is 31.3 Å². The van der Waals surface area contributed by atoms with Gasteiger partial charge in [0.05, 0.1) is 22.4 Å². The van der Waals surface area contributed by atoms with Gasteiger partial charge in [0, 0.05) is 33.0 Å². The predicted molar refractivity (Wildman–Crippen MR) is 74.0 cm³/mol. The molecule has 2 rings (SSSR count). The number of aromatic nitrogens is 4. The third-order valence-electron chi connectivity index (χ3n) is 3.01. The molecule has 0 aromatic carbocycles. The van der Waals surface area contributed by atoms with Crippen LogP contribution in [0, 0.1) is 6.92 Å². The topological polar surface area (TPSA) is 38.9 Å². The summed E-state index contributed by atoms with van der Waals surface area (Å²) in [5.41, 5.74) is 2.21. The molecular formula is C12H18BrN5. The highest BCUT2D eigenvalue weighted by Crippen LogP contribution is 2.21. The van der Waals surface area contributed by atoms with Crippen LogP contribution in [0.3, 0.4) is 0 Å². The summed E-state index contributed by atoms with van der Waals surface area (Å²) >= 11 is 3.59. The molecule has 0 amide bonds. The Morgan fingerprint density at radius 3 is 2.56 bits per heavy atom. The van der Waals surface area contributed by atoms with Gasteiger partial charge in [-0.2, -0.15) is 5.10 Å². The standard InChI is InChI=1S/C12H18BrN5/c1-9-12(13)10(18(4)15-9)7-16(2)8-11-14-5-6-17(11)3/h5-6H,7-8H2,1-4H3. The Bertz CT molecular complexity index is 543. The molecule has 0 aliphatic carbocycles. The number of rotatable bonds is 4. The van der Waals surface area contributed by atoms with Crippen LogP contribution in [0.5, 0.6) is 0 Å². The number of imidazole rings is 1. The molecule has 5 nitrogen and oxygen atoms in total. The minimum Gasteiger partial charge on any atom is -0.337 e. The first-order valence-corrected chi connectivity index (χ1v) is 6.61. The summed E-state index contributed by atoms with van der Waals surface area (Å²) in [5.74, 6) is 1.06. The average Bonchev–Trinajstić information content (AvgIpc) is 2.79. The highest BCUT2D eigenvalue weighted by atomic mass is 79.9. The second kappa shape index (κ2) is 5.24. The highest BCUT2D eigenvalue weighted by Gasteiger charge is 2.13. The third kappa shape index (κ3) is 2.64. The maximum atomic E-state index is 4.40. The van der Waals surface area contributed by atoms with E-state index in [4.69, 9.17) is 0 Å². The van der Waals surface area contributed by atoms with Crippen molar-refractivity contribution < 1.29 is 0 Å². The van der Waals surface area contributed by atoms with Crippen LogP contribution in [0.15, 0.2) is 16.9 Å². The predicted octanol–water partition coefficient (Wildman–Crippen LogP) is 1.86. The molecular weight excluding hydrogens is 294 g/mol. The van der Waals surface area contributed by atoms with E-state index < -0.39 is 0 Å². The van der Waals surface area contributed by atoms with E-state index in [1.54, 1.807) is 0 Å². The highest BCUT2D eigenvalue weighted by molar-refractivity contribution is 9.10. The zero-order chi connectivity index (χ0) is 13.3. The third-order valence-corrected chi connectivity index (χ3v) is 4.05. The molecule has 0 aliphatic rings. The molecule has 98 valence electrons. The van der Waals surface area contributed by atoms with Gasteiger partial charge >= 0.3 is 0 Å². The lowest BCUT2D eigenvalue weighted by atomic mass is 10.3. The second-order valence-corrected chi connectivity index (χ2v) is 5.39. The lowest BCUT2D eigenvalue weighted by molar-refractivity contribution is 0.298. The van der Waals surface area contributed by atoms with E-state index in [-0.39, 0.29) is 0 Å². The quantitative estimate of drug-likeness (QED) is 0.865. The first kappa shape index (κ1) is 13.3. The molecule has 2 heterocycles. The van der Waals surface area contributed by atoms with Crippen LogP contribution < -0.4 is 0 Å². The van der Waals surface area contributed by atoms with Gasteiger partial charge < -0.3 is 4.57 Å². The summed E-state index contributed by atoms with van der Waals surface area (Å²) in [6, 6.07) is 0. The van der Waals surface area contributed by atoms with Crippen molar-refractivity contribution in [3.63, 3.8) is 0 Å². The summed E-state index contributed by atoms with van der Waals surface area (Å²) in [7, 11) is 6.07. The van der Waals surface area contributed by atoms with Gasteiger partial charge in [-0.25, -0.2) is 4.98 Å². The van der Waals surface area contributed by atoms with E-state index in [1.165, 1.54) is 5.69 Å². The molecule has 0 bridgehead atoms. The summed E-state index contributed by atoms with van der Waals surface area (Å²) in [6.45, 7) is 3.66. The molecule has 0 aliphatic heterocycles. The fourth-order valence-electron chi connectivity index (χ4n) is 1.95. The summed E-state index contributed by atoms with van der Waals surface area (Å²) in [5, 5.41) is 4.40. The van der Waals surface area contributed by atoms with E-state index in [9.17, 15) is 0 Å². The second-order valence-electron chi connectivity index (χ2n) is 4.60. The van der Waals surface area contributed by atoms with E-state index in [2.05, 4.69) is 38.0 Å². The molecule has 0 spiro atoms. The molecule has 6 heteroatoms. The minimum absolute atomic E-state index is 0.820. The van der Waals surface area contributed by atoms with Crippen molar-refractivity contribution in [1.29, 1.82) is 0 Å². The Morgan fingerprint density at radius 1 is 1.33 bits per heavy atom. The smallest absolute Gasteiger partial charge is 0.122 e. The molecule has 2 aromatic rings. The Morgan fingerprint density at radius 2 is 2.06 bits per heavy atom. The van der Waals surface area contributed by atoms with Crippen LogP contribution in [-0.2, 0) is 27.2 Å². The summed E-state index contributed by atoms with van der Waals surface area (Å²) < 4.78 is 5.06. The first-order chi connectivity index (χ1) is 8.49. The Hall–Kier alpha value is -1.14. The molecule has 0 radical (unpaired) electrons. The molecule has 0 fully saturated rings. The maximum Gasteiger partial charge on any atom is 0.122 e. The molecule has 0 atom stereocenters. The largest absolute Gasteiger partial charge is 0.337 e. The van der Waals surface area contributed by atoms with E-state index in [0.717, 1.165) is 29.1 Å². The molecule has 2 aromatic heterocycles. The van der Waals surface area contributed by atoms with Gasteiger partial charge in [0.25, 0.3) is 0 Å². The molecule has 0 saturated heterocycles. The SMILES string of the molecule is Cc1nn(C)c(CN(C)Cc2nccn2C)c1Br. The molecule has 0 saturated carbocycles. The van der Waals surface area contributed by atoms with Crippen molar-refractivity contribution >= 4 is 15.9 Å². The first-order valence-electron chi connectivity index (χ1n) is 5.81. The lowest BCUT2D eigenvalue weighted by Gasteiger charge is -2.16.